The Morgan fingerprint density at radius 3 is 1.73 bits per heavy atom. The maximum atomic E-state index is 12.6. The Bertz CT molecular complexity index is 478. The molecule has 0 radical (unpaired) electrons. The van der Waals surface area contributed by atoms with Crippen LogP contribution < -0.4 is 5.32 Å². The van der Waals surface area contributed by atoms with Crippen LogP contribution in [0.1, 0.15) is 117 Å². The van der Waals surface area contributed by atoms with E-state index < -0.39 is 13.7 Å². The van der Waals surface area contributed by atoms with Gasteiger partial charge in [0, 0.05) is 19.8 Å². The number of hydrogen-bond donors (Lipinski definition) is 2. The highest BCUT2D eigenvalue weighted by Gasteiger charge is 2.23. The van der Waals surface area contributed by atoms with Gasteiger partial charge in [0.25, 0.3) is 0 Å². The second-order valence-corrected chi connectivity index (χ2v) is 10.9. The lowest BCUT2D eigenvalue weighted by Gasteiger charge is -2.17. The standard InChI is InChI=1S/C25H52NO6P/c1-3-5-6-7-8-9-10-11-12-13-14-15-16-17-21-30-22-19-23-32-33(29,31-4-2)24-18-20-26-25(27)28/h26H,3-24H2,1-2H3,(H,27,28). The van der Waals surface area contributed by atoms with E-state index in [4.69, 9.17) is 18.9 Å². The number of carboxylic acid groups (broad SMARTS) is 1. The van der Waals surface area contributed by atoms with Crippen molar-refractivity contribution in [3.8, 4) is 0 Å². The van der Waals surface area contributed by atoms with Gasteiger partial charge in [-0.15, -0.1) is 0 Å². The molecule has 0 rings (SSSR count). The number of hydrogen-bond acceptors (Lipinski definition) is 5. The normalized spacial score (nSPS) is 13.2. The summed E-state index contributed by atoms with van der Waals surface area (Å²) in [4.78, 5) is 10.5. The molecule has 0 aromatic carbocycles. The molecule has 198 valence electrons. The number of carbonyl (C=O) groups is 1. The van der Waals surface area contributed by atoms with Crippen molar-refractivity contribution in [2.75, 3.05) is 39.1 Å². The highest BCUT2D eigenvalue weighted by atomic mass is 31.2. The van der Waals surface area contributed by atoms with Gasteiger partial charge >= 0.3 is 13.7 Å². The smallest absolute Gasteiger partial charge is 0.404 e. The zero-order chi connectivity index (χ0) is 24.5. The monoisotopic (exact) mass is 493 g/mol. The number of rotatable bonds is 26. The van der Waals surface area contributed by atoms with E-state index in [0.717, 1.165) is 13.0 Å². The van der Waals surface area contributed by atoms with Gasteiger partial charge in [0.1, 0.15) is 0 Å². The SMILES string of the molecule is CCCCCCCCCCCCCCCCOCCCOP(=O)(CCCNC(=O)O)OCC. The topological polar surface area (TPSA) is 94.1 Å². The van der Waals surface area contributed by atoms with Crippen LogP contribution in [0.5, 0.6) is 0 Å². The molecule has 0 saturated carbocycles. The summed E-state index contributed by atoms with van der Waals surface area (Å²) in [7, 11) is -3.16. The maximum Gasteiger partial charge on any atom is 0.404 e. The summed E-state index contributed by atoms with van der Waals surface area (Å²) in [5.74, 6) is 0. The molecular weight excluding hydrogens is 441 g/mol. The van der Waals surface area contributed by atoms with Crippen molar-refractivity contribution >= 4 is 13.7 Å². The van der Waals surface area contributed by atoms with Crippen LogP contribution in [0.3, 0.4) is 0 Å². The Labute approximate surface area is 203 Å². The molecule has 2 N–H and O–H groups in total. The number of amides is 1. The Hall–Kier alpha value is -0.620. The second kappa shape index (κ2) is 24.5. The predicted molar refractivity (Wildman–Crippen MR) is 136 cm³/mol. The molecular formula is C25H52NO6P. The van der Waals surface area contributed by atoms with E-state index in [1.54, 1.807) is 6.92 Å². The van der Waals surface area contributed by atoms with Crippen molar-refractivity contribution in [1.82, 2.24) is 5.32 Å². The Kier molecular flexibility index (Phi) is 24.0. The average Bonchev–Trinajstić information content (AvgIpc) is 2.78. The molecule has 33 heavy (non-hydrogen) atoms. The lowest BCUT2D eigenvalue weighted by Crippen LogP contribution is -2.22. The summed E-state index contributed by atoms with van der Waals surface area (Å²) < 4.78 is 29.0. The Morgan fingerprint density at radius 1 is 0.697 bits per heavy atom. The van der Waals surface area contributed by atoms with Gasteiger partial charge in [-0.3, -0.25) is 4.57 Å². The third-order valence-electron chi connectivity index (χ3n) is 5.57. The molecule has 0 aliphatic rings. The van der Waals surface area contributed by atoms with E-state index >= 15 is 0 Å². The van der Waals surface area contributed by atoms with Crippen LogP contribution in [0.25, 0.3) is 0 Å². The summed E-state index contributed by atoms with van der Waals surface area (Å²) >= 11 is 0. The minimum atomic E-state index is -3.16. The van der Waals surface area contributed by atoms with Gasteiger partial charge in [0.05, 0.1) is 19.4 Å². The highest BCUT2D eigenvalue weighted by molar-refractivity contribution is 7.53. The van der Waals surface area contributed by atoms with Crippen molar-refractivity contribution in [2.24, 2.45) is 0 Å². The van der Waals surface area contributed by atoms with Crippen molar-refractivity contribution in [3.05, 3.63) is 0 Å². The molecule has 0 aliphatic heterocycles. The fraction of sp³-hybridized carbons (Fsp3) is 0.960. The van der Waals surface area contributed by atoms with Crippen LogP contribution in [0.2, 0.25) is 0 Å². The molecule has 0 bridgehead atoms. The van der Waals surface area contributed by atoms with Gasteiger partial charge in [0.15, 0.2) is 0 Å². The minimum absolute atomic E-state index is 0.209. The minimum Gasteiger partial charge on any atom is -0.465 e. The lowest BCUT2D eigenvalue weighted by molar-refractivity contribution is 0.111. The van der Waals surface area contributed by atoms with Crippen molar-refractivity contribution in [1.29, 1.82) is 0 Å². The zero-order valence-corrected chi connectivity index (χ0v) is 22.4. The first-order chi connectivity index (χ1) is 16.0. The van der Waals surface area contributed by atoms with Gasteiger partial charge in [-0.2, -0.15) is 0 Å². The van der Waals surface area contributed by atoms with Gasteiger partial charge < -0.3 is 24.2 Å². The quantitative estimate of drug-likeness (QED) is 0.0944. The van der Waals surface area contributed by atoms with Crippen LogP contribution in [-0.4, -0.2) is 50.3 Å². The van der Waals surface area contributed by atoms with Gasteiger partial charge in [0.2, 0.25) is 0 Å². The average molecular weight is 494 g/mol. The molecule has 7 nitrogen and oxygen atoms in total. The first-order valence-electron chi connectivity index (χ1n) is 13.5. The predicted octanol–water partition coefficient (Wildman–Crippen LogP) is 7.78. The maximum absolute atomic E-state index is 12.6. The fourth-order valence-electron chi connectivity index (χ4n) is 3.70. The molecule has 1 amide bonds. The third kappa shape index (κ3) is 24.3. The summed E-state index contributed by atoms with van der Waals surface area (Å²) in [6.07, 6.45) is 19.1. The molecule has 0 aromatic rings. The molecule has 0 heterocycles. The summed E-state index contributed by atoms with van der Waals surface area (Å²) in [6.45, 7) is 6.25. The van der Waals surface area contributed by atoms with E-state index in [1.165, 1.54) is 83.5 Å². The summed E-state index contributed by atoms with van der Waals surface area (Å²) in [5.41, 5.74) is 0. The fourth-order valence-corrected chi connectivity index (χ4v) is 5.38. The molecule has 0 fully saturated rings. The first-order valence-corrected chi connectivity index (χ1v) is 15.2. The molecule has 1 unspecified atom stereocenters. The summed E-state index contributed by atoms with van der Waals surface area (Å²) in [5, 5.41) is 10.8. The van der Waals surface area contributed by atoms with E-state index in [9.17, 15) is 9.36 Å². The largest absolute Gasteiger partial charge is 0.465 e. The summed E-state index contributed by atoms with van der Waals surface area (Å²) in [6, 6.07) is 0. The molecule has 8 heteroatoms. The number of unbranched alkanes of at least 4 members (excludes halogenated alkanes) is 13. The van der Waals surface area contributed by atoms with Crippen molar-refractivity contribution < 1.29 is 28.3 Å². The molecule has 0 aromatic heterocycles. The highest BCUT2D eigenvalue weighted by Crippen LogP contribution is 2.48. The van der Waals surface area contributed by atoms with Crippen molar-refractivity contribution in [3.63, 3.8) is 0 Å². The van der Waals surface area contributed by atoms with Crippen LogP contribution in [0.4, 0.5) is 4.79 Å². The Balaban J connectivity index is 3.41. The third-order valence-corrected chi connectivity index (χ3v) is 7.67. The number of nitrogens with one attached hydrogen (secondary N) is 1. The van der Waals surface area contributed by atoms with E-state index in [1.807, 2.05) is 0 Å². The molecule has 0 saturated heterocycles. The first kappa shape index (κ1) is 32.4. The molecule has 0 aliphatic carbocycles. The van der Waals surface area contributed by atoms with Crippen molar-refractivity contribution in [2.45, 2.75) is 117 Å². The van der Waals surface area contributed by atoms with E-state index in [0.29, 0.717) is 32.7 Å². The lowest BCUT2D eigenvalue weighted by atomic mass is 10.0. The van der Waals surface area contributed by atoms with Gasteiger partial charge in [-0.1, -0.05) is 90.4 Å². The van der Waals surface area contributed by atoms with Gasteiger partial charge in [-0.05, 0) is 26.2 Å². The zero-order valence-electron chi connectivity index (χ0n) is 21.5. The van der Waals surface area contributed by atoms with Crippen LogP contribution in [0, 0.1) is 0 Å². The van der Waals surface area contributed by atoms with E-state index in [2.05, 4.69) is 12.2 Å². The van der Waals surface area contributed by atoms with Crippen LogP contribution in [0.15, 0.2) is 0 Å². The number of ether oxygens (including phenoxy) is 1. The Morgan fingerprint density at radius 2 is 1.21 bits per heavy atom. The van der Waals surface area contributed by atoms with Gasteiger partial charge in [-0.25, -0.2) is 4.79 Å². The van der Waals surface area contributed by atoms with Crippen LogP contribution >= 0.6 is 7.60 Å². The molecule has 1 atom stereocenters. The molecule has 0 spiro atoms. The van der Waals surface area contributed by atoms with Crippen LogP contribution in [-0.2, 0) is 18.3 Å². The van der Waals surface area contributed by atoms with E-state index in [-0.39, 0.29) is 12.7 Å². The second-order valence-electron chi connectivity index (χ2n) is 8.73.